The van der Waals surface area contributed by atoms with E-state index in [1.54, 1.807) is 10.6 Å². The zero-order valence-electron chi connectivity index (χ0n) is 16.2. The standard InChI is InChI=1S/C23H18N4O2S/c1-25-21(16-9-3-2-4-10-16)24-27(23(25)30)19-14-20(28)26(22(19)29)18-13-7-11-15-8-5-6-12-17(15)18/h2-13,19H,14H2,1H3. The Bertz CT molecular complexity index is 1350. The molecule has 1 unspecified atom stereocenters. The van der Waals surface area contributed by atoms with Gasteiger partial charge in [-0.3, -0.25) is 9.59 Å². The van der Waals surface area contributed by atoms with Gasteiger partial charge < -0.3 is 4.57 Å². The first-order valence-corrected chi connectivity index (χ1v) is 10.0. The highest BCUT2D eigenvalue weighted by atomic mass is 32.1. The molecule has 1 atom stereocenters. The topological polar surface area (TPSA) is 60.1 Å². The summed E-state index contributed by atoms with van der Waals surface area (Å²) >= 11 is 5.56. The van der Waals surface area contributed by atoms with Gasteiger partial charge in [0.25, 0.3) is 5.91 Å². The smallest absolute Gasteiger partial charge is 0.259 e. The van der Waals surface area contributed by atoms with Crippen molar-refractivity contribution in [2.24, 2.45) is 7.05 Å². The van der Waals surface area contributed by atoms with Crippen LogP contribution < -0.4 is 4.90 Å². The molecule has 0 spiro atoms. The van der Waals surface area contributed by atoms with Gasteiger partial charge >= 0.3 is 0 Å². The Labute approximate surface area is 178 Å². The Morgan fingerprint density at radius 2 is 1.63 bits per heavy atom. The van der Waals surface area contributed by atoms with Gasteiger partial charge in [-0.1, -0.05) is 66.7 Å². The van der Waals surface area contributed by atoms with Crippen LogP contribution in [-0.4, -0.2) is 26.2 Å². The molecule has 0 radical (unpaired) electrons. The fourth-order valence-corrected chi connectivity index (χ4v) is 4.22. The van der Waals surface area contributed by atoms with Gasteiger partial charge in [0.15, 0.2) is 10.6 Å². The van der Waals surface area contributed by atoms with Gasteiger partial charge in [-0.25, -0.2) is 9.58 Å². The van der Waals surface area contributed by atoms with E-state index in [1.165, 1.54) is 9.58 Å². The first-order valence-electron chi connectivity index (χ1n) is 9.62. The maximum atomic E-state index is 13.4. The SMILES string of the molecule is Cn1c(-c2ccccc2)nn(C2CC(=O)N(c3cccc4ccccc34)C2=O)c1=S. The van der Waals surface area contributed by atoms with Gasteiger partial charge in [-0.15, -0.1) is 0 Å². The van der Waals surface area contributed by atoms with Crippen LogP contribution in [0.25, 0.3) is 22.2 Å². The van der Waals surface area contributed by atoms with Crippen LogP contribution in [0, 0.1) is 4.77 Å². The van der Waals surface area contributed by atoms with E-state index >= 15 is 0 Å². The number of benzene rings is 3. The van der Waals surface area contributed by atoms with E-state index in [0.29, 0.717) is 16.3 Å². The molecular formula is C23H18N4O2S. The van der Waals surface area contributed by atoms with Crippen molar-refractivity contribution in [3.05, 3.63) is 77.6 Å². The fraction of sp³-hybridized carbons (Fsp3) is 0.130. The summed E-state index contributed by atoms with van der Waals surface area (Å²) in [5.41, 5.74) is 1.49. The summed E-state index contributed by atoms with van der Waals surface area (Å²) in [4.78, 5) is 27.5. The Balaban J connectivity index is 1.58. The second kappa shape index (κ2) is 7.03. The van der Waals surface area contributed by atoms with Crippen LogP contribution in [0.3, 0.4) is 0 Å². The number of hydrogen-bond acceptors (Lipinski definition) is 4. The van der Waals surface area contributed by atoms with Crippen LogP contribution in [0.2, 0.25) is 0 Å². The largest absolute Gasteiger partial charge is 0.303 e. The number of carbonyl (C=O) groups is 2. The summed E-state index contributed by atoms with van der Waals surface area (Å²) in [5, 5.41) is 6.44. The molecule has 6 nitrogen and oxygen atoms in total. The molecule has 4 aromatic rings. The van der Waals surface area contributed by atoms with E-state index in [0.717, 1.165) is 16.3 Å². The summed E-state index contributed by atoms with van der Waals surface area (Å²) in [5.74, 6) is 0.0878. The molecule has 30 heavy (non-hydrogen) atoms. The molecule has 3 aromatic carbocycles. The molecule has 7 heteroatoms. The molecule has 2 amide bonds. The molecule has 148 valence electrons. The highest BCUT2D eigenvalue weighted by molar-refractivity contribution is 7.71. The number of rotatable bonds is 3. The molecule has 0 bridgehead atoms. The Morgan fingerprint density at radius 1 is 0.933 bits per heavy atom. The number of hydrogen-bond donors (Lipinski definition) is 0. The number of fused-ring (bicyclic) bond motifs is 1. The van der Waals surface area contributed by atoms with Crippen molar-refractivity contribution in [3.8, 4) is 11.4 Å². The van der Waals surface area contributed by atoms with Crippen LogP contribution >= 0.6 is 12.2 Å². The van der Waals surface area contributed by atoms with E-state index in [2.05, 4.69) is 5.10 Å². The molecule has 0 N–H and O–H groups in total. The minimum absolute atomic E-state index is 0.0294. The summed E-state index contributed by atoms with van der Waals surface area (Å²) in [7, 11) is 1.82. The number of carbonyl (C=O) groups excluding carboxylic acids is 2. The minimum Gasteiger partial charge on any atom is -0.303 e. The summed E-state index contributed by atoms with van der Waals surface area (Å²) < 4.78 is 3.67. The lowest BCUT2D eigenvalue weighted by molar-refractivity contribution is -0.122. The monoisotopic (exact) mass is 414 g/mol. The lowest BCUT2D eigenvalue weighted by Gasteiger charge is -2.17. The normalized spacial score (nSPS) is 16.6. The average molecular weight is 414 g/mol. The molecule has 1 aliphatic heterocycles. The maximum Gasteiger partial charge on any atom is 0.259 e. The van der Waals surface area contributed by atoms with Gasteiger partial charge in [0.1, 0.15) is 6.04 Å². The van der Waals surface area contributed by atoms with Crippen molar-refractivity contribution in [2.45, 2.75) is 12.5 Å². The van der Waals surface area contributed by atoms with Gasteiger partial charge in [-0.2, -0.15) is 5.10 Å². The molecule has 1 fully saturated rings. The third-order valence-electron chi connectivity index (χ3n) is 5.46. The summed E-state index contributed by atoms with van der Waals surface area (Å²) in [6.07, 6.45) is 0.0294. The zero-order chi connectivity index (χ0) is 20.8. The van der Waals surface area contributed by atoms with Crippen LogP contribution in [0.1, 0.15) is 12.5 Å². The predicted octanol–water partition coefficient (Wildman–Crippen LogP) is 4.28. The van der Waals surface area contributed by atoms with Crippen molar-refractivity contribution >= 4 is 40.5 Å². The Kier molecular flexibility index (Phi) is 4.33. The lowest BCUT2D eigenvalue weighted by atomic mass is 10.1. The third-order valence-corrected chi connectivity index (χ3v) is 5.92. The number of imide groups is 1. The van der Waals surface area contributed by atoms with Crippen LogP contribution in [0.15, 0.2) is 72.8 Å². The Morgan fingerprint density at radius 3 is 2.43 bits per heavy atom. The highest BCUT2D eigenvalue weighted by Gasteiger charge is 2.42. The average Bonchev–Trinajstić information content (AvgIpc) is 3.23. The van der Waals surface area contributed by atoms with Gasteiger partial charge in [0, 0.05) is 18.0 Å². The lowest BCUT2D eigenvalue weighted by Crippen LogP contribution is -2.31. The molecule has 2 heterocycles. The van der Waals surface area contributed by atoms with E-state index in [1.807, 2.05) is 73.8 Å². The molecule has 5 rings (SSSR count). The van der Waals surface area contributed by atoms with Crippen molar-refractivity contribution in [1.29, 1.82) is 0 Å². The molecule has 0 saturated carbocycles. The van der Waals surface area contributed by atoms with E-state index in [-0.39, 0.29) is 18.2 Å². The van der Waals surface area contributed by atoms with Gasteiger partial charge in [0.05, 0.1) is 12.1 Å². The fourth-order valence-electron chi connectivity index (χ4n) is 3.96. The molecule has 1 aromatic heterocycles. The van der Waals surface area contributed by atoms with Crippen molar-refractivity contribution in [3.63, 3.8) is 0 Å². The first kappa shape index (κ1) is 18.4. The van der Waals surface area contributed by atoms with Crippen molar-refractivity contribution < 1.29 is 9.59 Å². The van der Waals surface area contributed by atoms with Gasteiger partial charge in [-0.05, 0) is 23.7 Å². The van der Waals surface area contributed by atoms with E-state index in [4.69, 9.17) is 12.2 Å². The third kappa shape index (κ3) is 2.78. The van der Waals surface area contributed by atoms with E-state index in [9.17, 15) is 9.59 Å². The van der Waals surface area contributed by atoms with Crippen LogP contribution in [0.4, 0.5) is 5.69 Å². The van der Waals surface area contributed by atoms with Crippen LogP contribution in [-0.2, 0) is 16.6 Å². The summed E-state index contributed by atoms with van der Waals surface area (Å²) in [6.45, 7) is 0. The highest BCUT2D eigenvalue weighted by Crippen LogP contribution is 2.34. The Hall–Kier alpha value is -3.58. The predicted molar refractivity (Wildman–Crippen MR) is 118 cm³/mol. The second-order valence-corrected chi connectivity index (χ2v) is 7.63. The molecule has 1 aliphatic rings. The molecule has 0 aliphatic carbocycles. The molecule has 1 saturated heterocycles. The number of aromatic nitrogens is 3. The van der Waals surface area contributed by atoms with Crippen molar-refractivity contribution in [2.75, 3.05) is 4.90 Å². The van der Waals surface area contributed by atoms with E-state index < -0.39 is 6.04 Å². The second-order valence-electron chi connectivity index (χ2n) is 7.26. The maximum absolute atomic E-state index is 13.4. The summed E-state index contributed by atoms with van der Waals surface area (Å²) in [6, 6.07) is 22.2. The van der Waals surface area contributed by atoms with Crippen LogP contribution in [0.5, 0.6) is 0 Å². The number of nitrogens with zero attached hydrogens (tertiary/aromatic N) is 4. The van der Waals surface area contributed by atoms with Gasteiger partial charge in [0.2, 0.25) is 5.91 Å². The number of anilines is 1. The van der Waals surface area contributed by atoms with Crippen molar-refractivity contribution in [1.82, 2.24) is 14.3 Å². The zero-order valence-corrected chi connectivity index (χ0v) is 17.0. The minimum atomic E-state index is -0.757. The quantitative estimate of drug-likeness (QED) is 0.371. The first-order chi connectivity index (χ1) is 14.6. The number of amides is 2. The molecular weight excluding hydrogens is 396 g/mol.